The third kappa shape index (κ3) is 10.6. The number of fused-ring (bicyclic) bond motifs is 2. The van der Waals surface area contributed by atoms with E-state index in [0.29, 0.717) is 11.8 Å². The average molecular weight is 905 g/mol. The number of hydrogen-bond donors (Lipinski definition) is 0. The van der Waals surface area contributed by atoms with Gasteiger partial charge in [0, 0.05) is 44.3 Å². The van der Waals surface area contributed by atoms with Crippen LogP contribution in [-0.2, 0) is 21.7 Å². The molecular weight excluding hydrogens is 821 g/mol. The van der Waals surface area contributed by atoms with Crippen molar-refractivity contribution in [1.29, 1.82) is 0 Å². The van der Waals surface area contributed by atoms with Crippen LogP contribution in [0.25, 0.3) is 21.5 Å². The minimum Gasteiger partial charge on any atom is -0.309 e. The van der Waals surface area contributed by atoms with E-state index in [-0.39, 0.29) is 21.7 Å². The molecule has 2 heteroatoms. The number of rotatable bonds is 16. The van der Waals surface area contributed by atoms with E-state index in [1.54, 1.807) is 0 Å². The van der Waals surface area contributed by atoms with Crippen LogP contribution >= 0.6 is 0 Å². The SMILES string of the molecule is CCCCC(C)(C)c1ccc2c(N(c3ccc(C(C)C)cc3)c3ccc(C(C)(C)C)cc3)c3cc(C(C)(C)CCCC)ccc3c(N(c3ccc(C(C)C)cc3)c3ccc(C(C)(C)C)cc3)c2c1. The summed E-state index contributed by atoms with van der Waals surface area (Å²) in [5.41, 5.74) is 15.2. The van der Waals surface area contributed by atoms with Gasteiger partial charge in [-0.25, -0.2) is 0 Å². The number of benzene rings is 7. The minimum atomic E-state index is -0.0169. The first-order chi connectivity index (χ1) is 32.1. The van der Waals surface area contributed by atoms with Gasteiger partial charge in [0.25, 0.3) is 0 Å². The summed E-state index contributed by atoms with van der Waals surface area (Å²) in [6.45, 7) is 37.4. The maximum atomic E-state index is 2.58. The molecule has 0 radical (unpaired) electrons. The van der Waals surface area contributed by atoms with E-state index < -0.39 is 0 Å². The molecule has 0 saturated heterocycles. The highest BCUT2D eigenvalue weighted by atomic mass is 15.2. The van der Waals surface area contributed by atoms with Gasteiger partial charge in [0.2, 0.25) is 0 Å². The molecule has 0 saturated carbocycles. The first kappa shape index (κ1) is 50.5. The maximum absolute atomic E-state index is 2.58. The fraction of sp³-hybridized carbons (Fsp3) is 0.424. The quantitative estimate of drug-likeness (QED) is 0.0704. The van der Waals surface area contributed by atoms with Crippen molar-refractivity contribution in [1.82, 2.24) is 0 Å². The van der Waals surface area contributed by atoms with Crippen molar-refractivity contribution in [3.8, 4) is 0 Å². The molecule has 0 aliphatic rings. The molecule has 0 fully saturated rings. The van der Waals surface area contributed by atoms with Gasteiger partial charge >= 0.3 is 0 Å². The maximum Gasteiger partial charge on any atom is 0.0620 e. The Morgan fingerprint density at radius 2 is 0.632 bits per heavy atom. The van der Waals surface area contributed by atoms with Crippen LogP contribution in [0.3, 0.4) is 0 Å². The van der Waals surface area contributed by atoms with Crippen molar-refractivity contribution < 1.29 is 0 Å². The molecule has 0 aliphatic heterocycles. The monoisotopic (exact) mass is 905 g/mol. The van der Waals surface area contributed by atoms with Crippen LogP contribution in [0.5, 0.6) is 0 Å². The molecule has 0 atom stereocenters. The standard InChI is InChI=1S/C66H84N2/c1-17-19-41-65(13,14)51-29-39-57-59(43-51)61(67(53-31-21-47(22-32-53)45(3)4)55-35-25-49(26-36-55)63(7,8)9)58-40-30-52(66(15,16)42-20-18-2)44-60(58)62(57)68(54-33-23-48(24-34-54)46(5)6)56-37-27-50(28-38-56)64(10,11)12/h21-40,43-46H,17-20,41-42H2,1-16H3. The van der Waals surface area contributed by atoms with Gasteiger partial charge in [-0.2, -0.15) is 0 Å². The summed E-state index contributed by atoms with van der Waals surface area (Å²) in [5.74, 6) is 0.870. The normalized spacial score (nSPS) is 12.7. The number of anilines is 6. The highest BCUT2D eigenvalue weighted by Crippen LogP contribution is 2.53. The van der Waals surface area contributed by atoms with Gasteiger partial charge < -0.3 is 9.80 Å². The molecule has 0 heterocycles. The van der Waals surface area contributed by atoms with Crippen molar-refractivity contribution in [3.63, 3.8) is 0 Å². The van der Waals surface area contributed by atoms with Crippen LogP contribution in [0.2, 0.25) is 0 Å². The molecule has 0 N–H and O–H groups in total. The Balaban J connectivity index is 1.70. The number of hydrogen-bond acceptors (Lipinski definition) is 2. The van der Waals surface area contributed by atoms with Crippen LogP contribution in [0.15, 0.2) is 133 Å². The second kappa shape index (κ2) is 19.9. The van der Waals surface area contributed by atoms with Crippen LogP contribution in [0.4, 0.5) is 34.1 Å². The summed E-state index contributed by atoms with van der Waals surface area (Å²) in [6.07, 6.45) is 7.00. The number of unbranched alkanes of at least 4 members (excludes halogenated alkanes) is 2. The van der Waals surface area contributed by atoms with E-state index in [4.69, 9.17) is 0 Å². The molecular formula is C66H84N2. The fourth-order valence-corrected chi connectivity index (χ4v) is 10.1. The van der Waals surface area contributed by atoms with Gasteiger partial charge in [-0.05, 0) is 140 Å². The number of nitrogens with zero attached hydrogens (tertiary/aromatic N) is 2. The Labute approximate surface area is 413 Å². The predicted octanol–water partition coefficient (Wildman–Crippen LogP) is 20.7. The zero-order chi connectivity index (χ0) is 49.3. The van der Waals surface area contributed by atoms with Crippen LogP contribution in [0, 0.1) is 0 Å². The first-order valence-corrected chi connectivity index (χ1v) is 26.1. The van der Waals surface area contributed by atoms with E-state index in [0.717, 1.165) is 35.6 Å². The molecule has 0 amide bonds. The molecule has 0 aromatic heterocycles. The van der Waals surface area contributed by atoms with E-state index in [2.05, 4.69) is 254 Å². The lowest BCUT2D eigenvalue weighted by Gasteiger charge is -2.35. The molecule has 358 valence electrons. The summed E-state index contributed by atoms with van der Waals surface area (Å²) in [5, 5.41) is 5.01. The molecule has 0 bridgehead atoms. The van der Waals surface area contributed by atoms with Gasteiger partial charge in [0.15, 0.2) is 0 Å². The summed E-state index contributed by atoms with van der Waals surface area (Å²) in [4.78, 5) is 5.16. The largest absolute Gasteiger partial charge is 0.309 e. The van der Waals surface area contributed by atoms with E-state index in [1.807, 2.05) is 0 Å². The lowest BCUT2D eigenvalue weighted by molar-refractivity contribution is 0.458. The topological polar surface area (TPSA) is 6.48 Å². The lowest BCUT2D eigenvalue weighted by atomic mass is 9.78. The van der Waals surface area contributed by atoms with Crippen LogP contribution in [-0.4, -0.2) is 0 Å². The van der Waals surface area contributed by atoms with E-state index in [9.17, 15) is 0 Å². The highest BCUT2D eigenvalue weighted by Gasteiger charge is 2.30. The second-order valence-corrected chi connectivity index (χ2v) is 23.9. The third-order valence-electron chi connectivity index (χ3n) is 15.0. The Hall–Kier alpha value is -5.34. The zero-order valence-corrected chi connectivity index (χ0v) is 45.0. The summed E-state index contributed by atoms with van der Waals surface area (Å²) in [7, 11) is 0. The molecule has 0 unspecified atom stereocenters. The smallest absolute Gasteiger partial charge is 0.0620 e. The van der Waals surface area contributed by atoms with Gasteiger partial charge in [0.1, 0.15) is 0 Å². The Morgan fingerprint density at radius 1 is 0.353 bits per heavy atom. The average Bonchev–Trinajstić information content (AvgIpc) is 3.30. The van der Waals surface area contributed by atoms with Gasteiger partial charge in [0.05, 0.1) is 11.4 Å². The molecule has 0 spiro atoms. The van der Waals surface area contributed by atoms with Crippen molar-refractivity contribution in [2.24, 2.45) is 0 Å². The zero-order valence-electron chi connectivity index (χ0n) is 45.0. The van der Waals surface area contributed by atoms with Crippen LogP contribution in [0.1, 0.15) is 195 Å². The van der Waals surface area contributed by atoms with Crippen LogP contribution < -0.4 is 9.80 Å². The summed E-state index contributed by atoms with van der Waals surface area (Å²) < 4.78 is 0. The Kier molecular flexibility index (Phi) is 14.8. The van der Waals surface area contributed by atoms with Crippen molar-refractivity contribution in [2.75, 3.05) is 9.80 Å². The van der Waals surface area contributed by atoms with E-state index in [1.165, 1.54) is 92.0 Å². The lowest BCUT2D eigenvalue weighted by Crippen LogP contribution is -2.19. The summed E-state index contributed by atoms with van der Waals surface area (Å²) in [6, 6.07) is 52.6. The Bertz CT molecular complexity index is 2590. The molecule has 68 heavy (non-hydrogen) atoms. The highest BCUT2D eigenvalue weighted by molar-refractivity contribution is 6.23. The van der Waals surface area contributed by atoms with Gasteiger partial charge in [-0.1, -0.05) is 209 Å². The van der Waals surface area contributed by atoms with Gasteiger partial charge in [-0.15, -0.1) is 0 Å². The minimum absolute atomic E-state index is 0.0169. The molecule has 7 aromatic carbocycles. The molecule has 7 aromatic rings. The molecule has 0 aliphatic carbocycles. The molecule has 7 rings (SSSR count). The first-order valence-electron chi connectivity index (χ1n) is 26.1. The van der Waals surface area contributed by atoms with Crippen molar-refractivity contribution in [3.05, 3.63) is 167 Å². The van der Waals surface area contributed by atoms with Crippen molar-refractivity contribution in [2.45, 2.75) is 183 Å². The fourth-order valence-electron chi connectivity index (χ4n) is 10.1. The third-order valence-corrected chi connectivity index (χ3v) is 15.0. The molecule has 2 nitrogen and oxygen atoms in total. The predicted molar refractivity (Wildman–Crippen MR) is 302 cm³/mol. The Morgan fingerprint density at radius 3 is 0.897 bits per heavy atom. The van der Waals surface area contributed by atoms with E-state index >= 15 is 0 Å². The summed E-state index contributed by atoms with van der Waals surface area (Å²) >= 11 is 0. The van der Waals surface area contributed by atoms with Crippen molar-refractivity contribution >= 4 is 55.7 Å². The second-order valence-electron chi connectivity index (χ2n) is 23.9. The van der Waals surface area contributed by atoms with Gasteiger partial charge in [-0.3, -0.25) is 0 Å².